The van der Waals surface area contributed by atoms with E-state index >= 15 is 4.39 Å². The van der Waals surface area contributed by atoms with Crippen molar-refractivity contribution in [2.24, 2.45) is 0 Å². The number of para-hydroxylation sites is 1. The van der Waals surface area contributed by atoms with Crippen LogP contribution in [0.4, 0.5) is 4.39 Å². The highest BCUT2D eigenvalue weighted by Crippen LogP contribution is 2.41. The van der Waals surface area contributed by atoms with Crippen molar-refractivity contribution in [1.29, 1.82) is 0 Å². The maximum absolute atomic E-state index is 17.2. The SMILES string of the molecule is FC(c1ccc2c3ccccc3n3ccnc3c2c1)c1ccc2c3cc4c(cc3n(-c3ccccn3)c2c1)Sc1ccccc1[Si]4(c1ccccc1)c1ccccc1. The molecule has 1 aliphatic rings. The van der Waals surface area contributed by atoms with Gasteiger partial charge in [-0.05, 0) is 79.7 Å². The van der Waals surface area contributed by atoms with E-state index in [9.17, 15) is 0 Å². The van der Waals surface area contributed by atoms with E-state index in [1.165, 1.54) is 30.5 Å². The van der Waals surface area contributed by atoms with Gasteiger partial charge in [-0.1, -0.05) is 145 Å². The Kier molecular flexibility index (Phi) is 7.39. The second-order valence-electron chi connectivity index (χ2n) is 15.1. The molecule has 58 heavy (non-hydrogen) atoms. The third-order valence-electron chi connectivity index (χ3n) is 12.1. The number of halogens is 1. The molecule has 4 nitrogen and oxygen atoms in total. The van der Waals surface area contributed by atoms with E-state index in [0.717, 1.165) is 54.9 Å². The van der Waals surface area contributed by atoms with Crippen LogP contribution in [0.25, 0.3) is 54.9 Å². The minimum absolute atomic E-state index is 0.593. The largest absolute Gasteiger partial charge is 0.299 e. The van der Waals surface area contributed by atoms with Crippen molar-refractivity contribution in [2.45, 2.75) is 16.0 Å². The first-order valence-corrected chi connectivity index (χ1v) is 22.3. The fourth-order valence-corrected chi connectivity index (χ4v) is 16.5. The first-order chi connectivity index (χ1) is 28.7. The van der Waals surface area contributed by atoms with Gasteiger partial charge >= 0.3 is 0 Å². The van der Waals surface area contributed by atoms with Gasteiger partial charge in [-0.3, -0.25) is 8.97 Å². The van der Waals surface area contributed by atoms with Gasteiger partial charge in [-0.25, -0.2) is 14.4 Å². The molecule has 0 saturated carbocycles. The molecule has 7 aromatic carbocycles. The van der Waals surface area contributed by atoms with Gasteiger partial charge in [0.15, 0.2) is 14.2 Å². The standard InChI is InChI=1S/C51H33FN4SSi/c52-50(33-22-24-37-38-17-7-8-18-42(38)55-28-27-54-51(55)41(37)29-33)34-23-25-39-40-31-48-46(32-44(40)56(43(39)30-34)49-21-11-12-26-53-49)57-45-19-9-10-20-47(45)58(48,35-13-3-1-4-14-35)36-15-5-2-6-16-36/h1-32,50H. The highest BCUT2D eigenvalue weighted by Gasteiger charge is 2.47. The molecule has 274 valence electrons. The van der Waals surface area contributed by atoms with Gasteiger partial charge in [0.2, 0.25) is 0 Å². The molecular formula is C51H33FN4SSi. The minimum Gasteiger partial charge on any atom is -0.299 e. The van der Waals surface area contributed by atoms with Crippen molar-refractivity contribution in [1.82, 2.24) is 18.9 Å². The number of hydrogen-bond donors (Lipinski definition) is 0. The first-order valence-electron chi connectivity index (χ1n) is 19.5. The number of imidazole rings is 1. The molecule has 0 amide bonds. The van der Waals surface area contributed by atoms with Crippen LogP contribution >= 0.6 is 11.8 Å². The van der Waals surface area contributed by atoms with Crippen LogP contribution < -0.4 is 20.7 Å². The van der Waals surface area contributed by atoms with Crippen molar-refractivity contribution in [3.8, 4) is 5.82 Å². The van der Waals surface area contributed by atoms with Crippen molar-refractivity contribution in [3.63, 3.8) is 0 Å². The van der Waals surface area contributed by atoms with E-state index in [1.807, 2.05) is 91.0 Å². The molecule has 0 aliphatic carbocycles. The number of pyridine rings is 2. The Bertz CT molecular complexity index is 3360. The van der Waals surface area contributed by atoms with Gasteiger partial charge in [-0.2, -0.15) is 0 Å². The molecular weight excluding hydrogens is 748 g/mol. The third kappa shape index (κ3) is 4.74. The molecule has 0 saturated heterocycles. The predicted molar refractivity (Wildman–Crippen MR) is 239 cm³/mol. The summed E-state index contributed by atoms with van der Waals surface area (Å²) < 4.78 is 21.5. The third-order valence-corrected chi connectivity index (χ3v) is 18.4. The summed E-state index contributed by atoms with van der Waals surface area (Å²) in [6.45, 7) is 0. The van der Waals surface area contributed by atoms with Crippen LogP contribution in [-0.2, 0) is 0 Å². The lowest BCUT2D eigenvalue weighted by atomic mass is 9.97. The fraction of sp³-hybridized carbons (Fsp3) is 0.0196. The summed E-state index contributed by atoms with van der Waals surface area (Å²) in [5, 5.41) is 10.8. The number of fused-ring (bicyclic) bond motifs is 11. The van der Waals surface area contributed by atoms with Crippen LogP contribution in [0.3, 0.4) is 0 Å². The van der Waals surface area contributed by atoms with Gasteiger partial charge in [0.25, 0.3) is 0 Å². The van der Waals surface area contributed by atoms with E-state index in [4.69, 9.17) is 9.97 Å². The zero-order chi connectivity index (χ0) is 38.4. The normalized spacial score (nSPS) is 13.9. The number of hydrogen-bond acceptors (Lipinski definition) is 3. The average molecular weight is 781 g/mol. The van der Waals surface area contributed by atoms with Crippen molar-refractivity contribution < 1.29 is 4.39 Å². The minimum atomic E-state index is -2.79. The lowest BCUT2D eigenvalue weighted by Gasteiger charge is -2.40. The molecule has 1 atom stereocenters. The first kappa shape index (κ1) is 33.3. The molecule has 1 unspecified atom stereocenters. The van der Waals surface area contributed by atoms with Crippen LogP contribution in [0.2, 0.25) is 0 Å². The topological polar surface area (TPSA) is 35.1 Å². The zero-order valence-electron chi connectivity index (χ0n) is 31.1. The van der Waals surface area contributed by atoms with E-state index in [2.05, 4.69) is 124 Å². The summed E-state index contributed by atoms with van der Waals surface area (Å²) in [6, 6.07) is 62.3. The lowest BCUT2D eigenvalue weighted by Crippen LogP contribution is -2.76. The summed E-state index contributed by atoms with van der Waals surface area (Å²) in [4.78, 5) is 12.1. The Morgan fingerprint density at radius 2 is 1.16 bits per heavy atom. The number of aromatic nitrogens is 4. The van der Waals surface area contributed by atoms with Crippen LogP contribution in [0.1, 0.15) is 17.3 Å². The van der Waals surface area contributed by atoms with Crippen LogP contribution in [0.5, 0.6) is 0 Å². The van der Waals surface area contributed by atoms with E-state index in [1.54, 1.807) is 0 Å². The van der Waals surface area contributed by atoms with E-state index in [0.29, 0.717) is 11.1 Å². The number of nitrogens with zero attached hydrogens (tertiary/aromatic N) is 4. The Morgan fingerprint density at radius 1 is 0.483 bits per heavy atom. The number of alkyl halides is 1. The van der Waals surface area contributed by atoms with Gasteiger partial charge in [0.1, 0.15) is 11.5 Å². The molecule has 5 heterocycles. The summed E-state index contributed by atoms with van der Waals surface area (Å²) in [7, 11) is -2.79. The van der Waals surface area contributed by atoms with Gasteiger partial charge in [-0.15, -0.1) is 0 Å². The van der Waals surface area contributed by atoms with Crippen molar-refractivity contribution in [2.75, 3.05) is 0 Å². The Labute approximate surface area is 338 Å². The monoisotopic (exact) mass is 780 g/mol. The van der Waals surface area contributed by atoms with Crippen LogP contribution in [0.15, 0.2) is 204 Å². The smallest absolute Gasteiger partial charge is 0.181 e. The van der Waals surface area contributed by atoms with E-state index < -0.39 is 14.2 Å². The second kappa shape index (κ2) is 12.9. The average Bonchev–Trinajstić information content (AvgIpc) is 3.91. The summed E-state index contributed by atoms with van der Waals surface area (Å²) >= 11 is 1.85. The number of rotatable bonds is 5. The van der Waals surface area contributed by atoms with Crippen molar-refractivity contribution in [3.05, 3.63) is 206 Å². The predicted octanol–water partition coefficient (Wildman–Crippen LogP) is 10.0. The lowest BCUT2D eigenvalue weighted by molar-refractivity contribution is 0.402. The second-order valence-corrected chi connectivity index (χ2v) is 19.9. The quantitative estimate of drug-likeness (QED) is 0.129. The Balaban J connectivity index is 1.10. The Hall–Kier alpha value is -6.80. The molecule has 12 rings (SSSR count). The fourth-order valence-electron chi connectivity index (χ4n) is 9.56. The molecule has 0 spiro atoms. The van der Waals surface area contributed by atoms with Gasteiger partial charge in [0.05, 0.1) is 16.6 Å². The van der Waals surface area contributed by atoms with E-state index in [-0.39, 0.29) is 0 Å². The summed E-state index contributed by atoms with van der Waals surface area (Å²) in [5.74, 6) is 0.796. The maximum atomic E-state index is 17.2. The zero-order valence-corrected chi connectivity index (χ0v) is 32.9. The van der Waals surface area contributed by atoms with Crippen LogP contribution in [-0.4, -0.2) is 27.0 Å². The molecule has 7 heteroatoms. The molecule has 0 bridgehead atoms. The highest BCUT2D eigenvalue weighted by molar-refractivity contribution is 8.00. The van der Waals surface area contributed by atoms with Gasteiger partial charge in [0, 0.05) is 49.9 Å². The van der Waals surface area contributed by atoms with Crippen molar-refractivity contribution >= 4 is 89.7 Å². The van der Waals surface area contributed by atoms with Gasteiger partial charge < -0.3 is 0 Å². The molecule has 1 aliphatic heterocycles. The summed E-state index contributed by atoms with van der Waals surface area (Å²) in [5.41, 5.74) is 5.07. The van der Waals surface area contributed by atoms with Crippen LogP contribution in [0, 0.1) is 0 Å². The molecule has 0 fully saturated rings. The molecule has 0 N–H and O–H groups in total. The highest BCUT2D eigenvalue weighted by atomic mass is 32.2. The summed E-state index contributed by atoms with van der Waals surface area (Å²) in [6.07, 6.45) is 4.25. The molecule has 0 radical (unpaired) electrons. The molecule has 4 aromatic heterocycles. The number of benzene rings is 7. The molecule has 11 aromatic rings. The maximum Gasteiger partial charge on any atom is 0.181 e. The Morgan fingerprint density at radius 3 is 1.95 bits per heavy atom.